The summed E-state index contributed by atoms with van der Waals surface area (Å²) in [5.74, 6) is -0.609. The van der Waals surface area contributed by atoms with Gasteiger partial charge in [0, 0.05) is 18.3 Å². The van der Waals surface area contributed by atoms with E-state index in [1.165, 1.54) is 0 Å². The van der Waals surface area contributed by atoms with Gasteiger partial charge in [-0.2, -0.15) is 13.2 Å². The van der Waals surface area contributed by atoms with Crippen LogP contribution in [0.5, 0.6) is 0 Å². The van der Waals surface area contributed by atoms with Crippen molar-refractivity contribution in [1.29, 1.82) is 0 Å². The summed E-state index contributed by atoms with van der Waals surface area (Å²) in [6.45, 7) is -0.275. The molecule has 0 bridgehead atoms. The Balaban J connectivity index is 2.24. The van der Waals surface area contributed by atoms with Gasteiger partial charge in [0.1, 0.15) is 5.25 Å². The predicted molar refractivity (Wildman–Crippen MR) is 61.0 cm³/mol. The van der Waals surface area contributed by atoms with E-state index in [1.54, 1.807) is 0 Å². The minimum Gasteiger partial charge on any atom is -0.287 e. The van der Waals surface area contributed by atoms with Crippen LogP contribution < -0.4 is 10.0 Å². The predicted octanol–water partition coefficient (Wildman–Crippen LogP) is 0.556. The van der Waals surface area contributed by atoms with Gasteiger partial charge in [-0.05, 0) is 0 Å². The lowest BCUT2D eigenvalue weighted by Crippen LogP contribution is -2.32. The number of carbonyl (C=O) groups is 1. The van der Waals surface area contributed by atoms with Crippen LogP contribution in [0.4, 0.5) is 18.3 Å². The second-order valence-electron chi connectivity index (χ2n) is 3.93. The number of carbonyl (C=O) groups excluding carboxylic acids is 1. The second kappa shape index (κ2) is 4.42. The minimum absolute atomic E-state index is 0.177. The molecule has 106 valence electrons. The zero-order valence-electron chi connectivity index (χ0n) is 9.22. The normalized spacial score (nSPS) is 21.2. The fraction of sp³-hybridized carbons (Fsp3) is 0.500. The molecule has 6 nitrogen and oxygen atoms in total. The van der Waals surface area contributed by atoms with E-state index in [9.17, 15) is 26.4 Å². The molecular formula is C8H8F3N3O3S2. The number of primary sulfonamides is 1. The van der Waals surface area contributed by atoms with Crippen LogP contribution in [-0.2, 0) is 21.0 Å². The molecule has 1 fully saturated rings. The van der Waals surface area contributed by atoms with Gasteiger partial charge in [-0.1, -0.05) is 0 Å². The summed E-state index contributed by atoms with van der Waals surface area (Å²) in [4.78, 5) is 15.8. The van der Waals surface area contributed by atoms with Crippen LogP contribution in [-0.4, -0.2) is 31.1 Å². The molecule has 0 spiro atoms. The molecule has 1 aliphatic rings. The Kier molecular flexibility index (Phi) is 3.31. The first-order valence-corrected chi connectivity index (χ1v) is 7.42. The average molecular weight is 315 g/mol. The summed E-state index contributed by atoms with van der Waals surface area (Å²) in [5.41, 5.74) is -1.11. The molecule has 2 heterocycles. The third-order valence-electron chi connectivity index (χ3n) is 2.57. The number of alkyl halides is 3. The standard InChI is InChI=1S/C8H8F3N3O3S2/c9-8(10,11)5-3-18-7(13-5)14-2-4(1-6(14)15)19(12,16)17/h3-4H,1-2H2,(H2,12,16,17). The Morgan fingerprint density at radius 2 is 2.11 bits per heavy atom. The molecule has 1 saturated heterocycles. The molecule has 1 aromatic heterocycles. The van der Waals surface area contributed by atoms with Crippen molar-refractivity contribution in [1.82, 2.24) is 4.98 Å². The summed E-state index contributed by atoms with van der Waals surface area (Å²) in [5, 5.41) is 4.39. The fourth-order valence-corrected chi connectivity index (χ4v) is 3.19. The highest BCUT2D eigenvalue weighted by Gasteiger charge is 2.40. The van der Waals surface area contributed by atoms with Crippen LogP contribution in [0, 0.1) is 0 Å². The van der Waals surface area contributed by atoms with Crippen molar-refractivity contribution in [2.75, 3.05) is 11.4 Å². The number of aromatic nitrogens is 1. The van der Waals surface area contributed by atoms with Gasteiger partial charge in [-0.3, -0.25) is 9.69 Å². The number of amides is 1. The van der Waals surface area contributed by atoms with E-state index in [2.05, 4.69) is 4.98 Å². The highest BCUT2D eigenvalue weighted by molar-refractivity contribution is 7.89. The molecule has 1 aromatic rings. The van der Waals surface area contributed by atoms with Gasteiger partial charge >= 0.3 is 6.18 Å². The first-order chi connectivity index (χ1) is 8.59. The van der Waals surface area contributed by atoms with Crippen molar-refractivity contribution >= 4 is 32.4 Å². The number of rotatable bonds is 2. The lowest BCUT2D eigenvalue weighted by atomic mass is 10.4. The number of sulfonamides is 1. The molecule has 1 unspecified atom stereocenters. The first kappa shape index (κ1) is 14.2. The van der Waals surface area contributed by atoms with E-state index < -0.39 is 33.1 Å². The molecule has 2 rings (SSSR count). The van der Waals surface area contributed by atoms with Crippen LogP contribution in [0.1, 0.15) is 12.1 Å². The molecule has 0 radical (unpaired) electrons. The van der Waals surface area contributed by atoms with Gasteiger partial charge in [0.2, 0.25) is 15.9 Å². The van der Waals surface area contributed by atoms with Gasteiger partial charge in [-0.25, -0.2) is 18.5 Å². The van der Waals surface area contributed by atoms with Crippen LogP contribution in [0.25, 0.3) is 0 Å². The van der Waals surface area contributed by atoms with E-state index in [0.29, 0.717) is 11.3 Å². The third kappa shape index (κ3) is 2.87. The van der Waals surface area contributed by atoms with E-state index in [-0.39, 0.29) is 18.1 Å². The number of nitrogens with two attached hydrogens (primary N) is 1. The summed E-state index contributed by atoms with van der Waals surface area (Å²) in [6.07, 6.45) is -4.95. The Morgan fingerprint density at radius 3 is 2.53 bits per heavy atom. The second-order valence-corrected chi connectivity index (χ2v) is 6.61. The number of thiazole rings is 1. The van der Waals surface area contributed by atoms with Crippen molar-refractivity contribution in [3.05, 3.63) is 11.1 Å². The maximum atomic E-state index is 12.4. The smallest absolute Gasteiger partial charge is 0.287 e. The van der Waals surface area contributed by atoms with Crippen molar-refractivity contribution in [2.45, 2.75) is 17.8 Å². The maximum absolute atomic E-state index is 12.4. The average Bonchev–Trinajstić information content (AvgIpc) is 2.80. The van der Waals surface area contributed by atoms with Crippen molar-refractivity contribution in [3.8, 4) is 0 Å². The summed E-state index contributed by atoms with van der Waals surface area (Å²) in [6, 6.07) is 0. The number of anilines is 1. The SMILES string of the molecule is NS(=O)(=O)C1CC(=O)N(c2nc(C(F)(F)F)cs2)C1. The number of hydrogen-bond donors (Lipinski definition) is 1. The Hall–Kier alpha value is -1.20. The molecule has 19 heavy (non-hydrogen) atoms. The fourth-order valence-electron chi connectivity index (χ4n) is 1.60. The molecule has 1 atom stereocenters. The Bertz CT molecular complexity index is 610. The molecular weight excluding hydrogens is 307 g/mol. The van der Waals surface area contributed by atoms with Crippen LogP contribution in [0.3, 0.4) is 0 Å². The highest BCUT2D eigenvalue weighted by Crippen LogP contribution is 2.34. The minimum atomic E-state index is -4.60. The molecule has 0 saturated carbocycles. The van der Waals surface area contributed by atoms with Gasteiger partial charge in [-0.15, -0.1) is 11.3 Å². The Morgan fingerprint density at radius 1 is 1.47 bits per heavy atom. The lowest BCUT2D eigenvalue weighted by Gasteiger charge is -2.12. The first-order valence-electron chi connectivity index (χ1n) is 4.94. The quantitative estimate of drug-likeness (QED) is 0.862. The lowest BCUT2D eigenvalue weighted by molar-refractivity contribution is -0.140. The molecule has 1 aliphatic heterocycles. The summed E-state index contributed by atoms with van der Waals surface area (Å²) < 4.78 is 59.4. The molecule has 11 heteroatoms. The van der Waals surface area contributed by atoms with E-state index >= 15 is 0 Å². The maximum Gasteiger partial charge on any atom is 0.434 e. The largest absolute Gasteiger partial charge is 0.434 e. The van der Waals surface area contributed by atoms with Gasteiger partial charge in [0.15, 0.2) is 10.8 Å². The molecule has 2 N–H and O–H groups in total. The van der Waals surface area contributed by atoms with Gasteiger partial charge < -0.3 is 0 Å². The molecule has 1 amide bonds. The van der Waals surface area contributed by atoms with E-state index in [4.69, 9.17) is 5.14 Å². The third-order valence-corrected chi connectivity index (χ3v) is 4.68. The van der Waals surface area contributed by atoms with Crippen molar-refractivity contribution in [2.24, 2.45) is 5.14 Å². The number of hydrogen-bond acceptors (Lipinski definition) is 5. The van der Waals surface area contributed by atoms with Crippen molar-refractivity contribution < 1.29 is 26.4 Å². The van der Waals surface area contributed by atoms with Crippen LogP contribution in [0.15, 0.2) is 5.38 Å². The van der Waals surface area contributed by atoms with Crippen molar-refractivity contribution in [3.63, 3.8) is 0 Å². The zero-order valence-corrected chi connectivity index (χ0v) is 10.8. The topological polar surface area (TPSA) is 93.4 Å². The number of halogens is 3. The van der Waals surface area contributed by atoms with Gasteiger partial charge in [0.25, 0.3) is 0 Å². The van der Waals surface area contributed by atoms with Crippen LogP contribution in [0.2, 0.25) is 0 Å². The van der Waals surface area contributed by atoms with Gasteiger partial charge in [0.05, 0.1) is 0 Å². The zero-order chi connectivity index (χ0) is 14.4. The van der Waals surface area contributed by atoms with E-state index in [1.807, 2.05) is 0 Å². The van der Waals surface area contributed by atoms with Crippen LogP contribution >= 0.6 is 11.3 Å². The summed E-state index contributed by atoms with van der Waals surface area (Å²) in [7, 11) is -3.91. The molecule has 0 aliphatic carbocycles. The molecule has 0 aromatic carbocycles. The highest BCUT2D eigenvalue weighted by atomic mass is 32.2. The summed E-state index contributed by atoms with van der Waals surface area (Å²) >= 11 is 0.628. The number of nitrogens with zero attached hydrogens (tertiary/aromatic N) is 2. The Labute approximate surface area is 110 Å². The monoisotopic (exact) mass is 315 g/mol. The van der Waals surface area contributed by atoms with E-state index in [0.717, 1.165) is 10.3 Å².